The molecule has 0 aliphatic carbocycles. The maximum Gasteiger partial charge on any atom is 0.271 e. The fourth-order valence-corrected chi connectivity index (χ4v) is 3.06. The van der Waals surface area contributed by atoms with Gasteiger partial charge in [-0.05, 0) is 58.3 Å². The van der Waals surface area contributed by atoms with Crippen molar-refractivity contribution in [1.82, 2.24) is 20.6 Å². The minimum Gasteiger partial charge on any atom is -0.356 e. The van der Waals surface area contributed by atoms with E-state index in [0.717, 1.165) is 50.6 Å². The van der Waals surface area contributed by atoms with E-state index in [2.05, 4.69) is 94.4 Å². The first-order valence-electron chi connectivity index (χ1n) is 13.4. The molecular weight excluding hydrogens is 460 g/mol. The first-order chi connectivity index (χ1) is 18.1. The van der Waals surface area contributed by atoms with Crippen molar-refractivity contribution in [1.29, 1.82) is 0 Å². The molecule has 0 aliphatic heterocycles. The van der Waals surface area contributed by atoms with E-state index in [1.54, 1.807) is 6.20 Å². The maximum atomic E-state index is 11.9. The summed E-state index contributed by atoms with van der Waals surface area (Å²) < 4.78 is 0. The molecule has 6 heteroatoms. The van der Waals surface area contributed by atoms with E-state index in [1.807, 2.05) is 13.0 Å². The van der Waals surface area contributed by atoms with Gasteiger partial charge in [0.1, 0.15) is 5.69 Å². The van der Waals surface area contributed by atoms with Crippen molar-refractivity contribution in [3.8, 4) is 0 Å². The zero-order valence-electron chi connectivity index (χ0n) is 22.6. The molecule has 0 fully saturated rings. The van der Waals surface area contributed by atoms with Gasteiger partial charge in [-0.2, -0.15) is 0 Å². The second kappa shape index (κ2) is 22.9. The number of aryl methyl sites for hydroxylation is 1. The quantitative estimate of drug-likeness (QED) is 0.166. The minimum absolute atomic E-state index is 0.0234. The topological polar surface area (TPSA) is 84.0 Å². The van der Waals surface area contributed by atoms with Gasteiger partial charge in [-0.15, -0.1) is 0 Å². The zero-order chi connectivity index (χ0) is 26.8. The van der Waals surface area contributed by atoms with Crippen molar-refractivity contribution in [2.75, 3.05) is 13.1 Å². The molecule has 0 bridgehead atoms. The Hall–Kier alpha value is -3.54. The number of hydrogen-bond acceptors (Lipinski definition) is 4. The highest BCUT2D eigenvalue weighted by atomic mass is 16.2. The Labute approximate surface area is 223 Å². The fraction of sp³-hybridized carbons (Fsp3) is 0.419. The number of hydrogen-bond donors (Lipinski definition) is 2. The third kappa shape index (κ3) is 19.3. The molecule has 1 aromatic rings. The molecule has 37 heavy (non-hydrogen) atoms. The predicted octanol–water partition coefficient (Wildman–Crippen LogP) is 6.50. The summed E-state index contributed by atoms with van der Waals surface area (Å²) in [4.78, 5) is 31.9. The summed E-state index contributed by atoms with van der Waals surface area (Å²) in [5, 5.41) is 5.66. The second-order valence-corrected chi connectivity index (χ2v) is 8.46. The van der Waals surface area contributed by atoms with Gasteiger partial charge < -0.3 is 10.6 Å². The van der Waals surface area contributed by atoms with Gasteiger partial charge in [0.25, 0.3) is 5.91 Å². The molecule has 2 amide bonds. The first-order valence-corrected chi connectivity index (χ1v) is 13.4. The SMILES string of the molecule is CCC=CCC=CCC=CCC=CCC=CCC=CCCC(=O)NCCCNC(=O)c1cnc(C)cn1. The lowest BCUT2D eigenvalue weighted by Crippen LogP contribution is -2.30. The zero-order valence-corrected chi connectivity index (χ0v) is 22.6. The molecule has 1 heterocycles. The van der Waals surface area contributed by atoms with Crippen LogP contribution in [0.5, 0.6) is 0 Å². The van der Waals surface area contributed by atoms with Gasteiger partial charge in [-0.25, -0.2) is 4.98 Å². The van der Waals surface area contributed by atoms with E-state index in [4.69, 9.17) is 0 Å². The van der Waals surface area contributed by atoms with Crippen LogP contribution in [0.4, 0.5) is 0 Å². The molecule has 0 atom stereocenters. The number of carbonyl (C=O) groups excluding carboxylic acids is 2. The molecule has 2 N–H and O–H groups in total. The molecule has 0 aliphatic rings. The molecular formula is C31H44N4O2. The van der Waals surface area contributed by atoms with Crippen molar-refractivity contribution < 1.29 is 9.59 Å². The Balaban J connectivity index is 1.96. The van der Waals surface area contributed by atoms with Gasteiger partial charge in [-0.3, -0.25) is 14.6 Å². The molecule has 200 valence electrons. The molecule has 0 unspecified atom stereocenters. The highest BCUT2D eigenvalue weighted by Crippen LogP contribution is 1.98. The van der Waals surface area contributed by atoms with Crippen molar-refractivity contribution >= 4 is 11.8 Å². The Bertz CT molecular complexity index is 925. The van der Waals surface area contributed by atoms with Gasteiger partial charge in [0.15, 0.2) is 0 Å². The van der Waals surface area contributed by atoms with Crippen LogP contribution in [0.15, 0.2) is 85.3 Å². The molecule has 6 nitrogen and oxygen atoms in total. The van der Waals surface area contributed by atoms with Crippen LogP contribution >= 0.6 is 0 Å². The monoisotopic (exact) mass is 504 g/mol. The van der Waals surface area contributed by atoms with Crippen LogP contribution in [-0.2, 0) is 4.79 Å². The summed E-state index contributed by atoms with van der Waals surface area (Å²) >= 11 is 0. The van der Waals surface area contributed by atoms with E-state index in [9.17, 15) is 9.59 Å². The molecule has 1 aromatic heterocycles. The summed E-state index contributed by atoms with van der Waals surface area (Å²) in [5.41, 5.74) is 1.06. The normalized spacial score (nSPS) is 12.3. The Morgan fingerprint density at radius 3 is 1.73 bits per heavy atom. The van der Waals surface area contributed by atoms with Crippen LogP contribution in [0.3, 0.4) is 0 Å². The van der Waals surface area contributed by atoms with Crippen molar-refractivity contribution in [3.05, 3.63) is 96.7 Å². The largest absolute Gasteiger partial charge is 0.356 e. The molecule has 1 rings (SSSR count). The number of aromatic nitrogens is 2. The van der Waals surface area contributed by atoms with E-state index in [-0.39, 0.29) is 11.8 Å². The minimum atomic E-state index is -0.253. The number of rotatable bonds is 19. The maximum absolute atomic E-state index is 11.9. The van der Waals surface area contributed by atoms with Gasteiger partial charge in [0, 0.05) is 25.7 Å². The third-order valence-electron chi connectivity index (χ3n) is 5.11. The lowest BCUT2D eigenvalue weighted by molar-refractivity contribution is -0.121. The molecule has 0 radical (unpaired) electrons. The van der Waals surface area contributed by atoms with Crippen molar-refractivity contribution in [2.45, 2.75) is 71.6 Å². The van der Waals surface area contributed by atoms with Crippen LogP contribution in [0.25, 0.3) is 0 Å². The summed E-state index contributed by atoms with van der Waals surface area (Å²) in [6, 6.07) is 0. The highest BCUT2D eigenvalue weighted by molar-refractivity contribution is 5.91. The predicted molar refractivity (Wildman–Crippen MR) is 154 cm³/mol. The average Bonchev–Trinajstić information content (AvgIpc) is 2.90. The third-order valence-corrected chi connectivity index (χ3v) is 5.11. The van der Waals surface area contributed by atoms with Crippen molar-refractivity contribution in [3.63, 3.8) is 0 Å². The molecule has 0 saturated heterocycles. The number of allylic oxidation sites excluding steroid dienone is 12. The van der Waals surface area contributed by atoms with Crippen LogP contribution in [0.2, 0.25) is 0 Å². The molecule has 0 spiro atoms. The van der Waals surface area contributed by atoms with Gasteiger partial charge in [0.05, 0.1) is 11.9 Å². The Morgan fingerprint density at radius 1 is 0.703 bits per heavy atom. The Morgan fingerprint density at radius 2 is 1.22 bits per heavy atom. The lowest BCUT2D eigenvalue weighted by Gasteiger charge is -2.06. The van der Waals surface area contributed by atoms with Crippen LogP contribution in [0, 0.1) is 6.92 Å². The smallest absolute Gasteiger partial charge is 0.271 e. The van der Waals surface area contributed by atoms with E-state index >= 15 is 0 Å². The number of carbonyl (C=O) groups is 2. The fourth-order valence-electron chi connectivity index (χ4n) is 3.06. The highest BCUT2D eigenvalue weighted by Gasteiger charge is 2.06. The second-order valence-electron chi connectivity index (χ2n) is 8.46. The lowest BCUT2D eigenvalue weighted by atomic mass is 10.2. The number of amides is 2. The van der Waals surface area contributed by atoms with E-state index in [0.29, 0.717) is 31.6 Å². The van der Waals surface area contributed by atoms with Crippen molar-refractivity contribution in [2.24, 2.45) is 0 Å². The van der Waals surface area contributed by atoms with Crippen LogP contribution in [0.1, 0.15) is 80.9 Å². The number of nitrogens with zero attached hydrogens (tertiary/aromatic N) is 2. The van der Waals surface area contributed by atoms with Crippen LogP contribution in [-0.4, -0.2) is 34.9 Å². The summed E-state index contributed by atoms with van der Waals surface area (Å²) in [6.07, 6.45) is 36.8. The van der Waals surface area contributed by atoms with Gasteiger partial charge in [0.2, 0.25) is 5.91 Å². The van der Waals surface area contributed by atoms with Crippen LogP contribution < -0.4 is 10.6 Å². The summed E-state index contributed by atoms with van der Waals surface area (Å²) in [6.45, 7) is 4.97. The summed E-state index contributed by atoms with van der Waals surface area (Å²) in [5.74, 6) is -0.230. The standard InChI is InChI=1S/C31H44N4O2/c1-3-4-5-6-7-8-9-10-11-12-13-14-15-16-17-18-19-20-21-23-30(36)32-24-22-25-33-31(37)29-27-34-28(2)26-35-29/h4-5,7-8,10-11,13-14,16-17,19-20,26-27H,3,6,9,12,15,18,21-25H2,1-2H3,(H,32,36)(H,33,37). The molecule has 0 saturated carbocycles. The molecule has 0 aromatic carbocycles. The van der Waals surface area contributed by atoms with Gasteiger partial charge in [-0.1, -0.05) is 79.8 Å². The summed E-state index contributed by atoms with van der Waals surface area (Å²) in [7, 11) is 0. The van der Waals surface area contributed by atoms with Gasteiger partial charge >= 0.3 is 0 Å². The van der Waals surface area contributed by atoms with E-state index < -0.39 is 0 Å². The number of nitrogens with one attached hydrogen (secondary N) is 2. The average molecular weight is 505 g/mol. The van der Waals surface area contributed by atoms with E-state index in [1.165, 1.54) is 6.20 Å². The Kier molecular flexibility index (Phi) is 19.5. The first kappa shape index (κ1) is 31.5.